The van der Waals surface area contributed by atoms with Crippen LogP contribution in [0.4, 0.5) is 0 Å². The summed E-state index contributed by atoms with van der Waals surface area (Å²) in [6, 6.07) is 55.5. The maximum absolute atomic E-state index is 4.32. The van der Waals surface area contributed by atoms with Crippen LogP contribution < -0.4 is 24.8 Å². The molecule has 0 aliphatic heterocycles. The molecule has 0 saturated carbocycles. The minimum atomic E-state index is 0. The van der Waals surface area contributed by atoms with Gasteiger partial charge in [0, 0.05) is 0 Å². The zero-order chi connectivity index (χ0) is 27.6. The first-order chi connectivity index (χ1) is 19.7. The summed E-state index contributed by atoms with van der Waals surface area (Å²) >= 11 is 0. The number of nitrogens with zero attached hydrogens (tertiary/aromatic N) is 2. The summed E-state index contributed by atoms with van der Waals surface area (Å²) < 4.78 is 0. The van der Waals surface area contributed by atoms with Crippen molar-refractivity contribution in [1.29, 1.82) is 0 Å². The number of aromatic nitrogens is 2. The van der Waals surface area contributed by atoms with E-state index in [-0.39, 0.29) is 59.5 Å². The SMILES string of the molecule is Cc1[c-]cc2ccccc2n1.Cc1[c-]cc2ccccc2n1.[Cl-].[Cl-].[Cr+3].[Cr+3].c1ccc2[cH-]ccc2c1.c1ccc2[cH-]ccc2c1. The van der Waals surface area contributed by atoms with Crippen molar-refractivity contribution in [2.24, 2.45) is 0 Å². The zero-order valence-electron chi connectivity index (χ0n) is 24.3. The topological polar surface area (TPSA) is 25.8 Å². The Morgan fingerprint density at radius 3 is 1.18 bits per heavy atom. The van der Waals surface area contributed by atoms with Crippen molar-refractivity contribution in [3.05, 3.63) is 169 Å². The quantitative estimate of drug-likeness (QED) is 0.227. The predicted octanol–water partition coefficient (Wildman–Crippen LogP) is 3.81. The molecule has 0 aliphatic carbocycles. The largest absolute Gasteiger partial charge is 3.00 e. The summed E-state index contributed by atoms with van der Waals surface area (Å²) in [4.78, 5) is 8.64. The van der Waals surface area contributed by atoms with E-state index in [0.29, 0.717) is 0 Å². The molecule has 0 aliphatic rings. The van der Waals surface area contributed by atoms with E-state index in [4.69, 9.17) is 0 Å². The van der Waals surface area contributed by atoms with Crippen LogP contribution in [0, 0.1) is 26.0 Å². The van der Waals surface area contributed by atoms with Gasteiger partial charge >= 0.3 is 34.7 Å². The van der Waals surface area contributed by atoms with Crippen LogP contribution in [-0.4, -0.2) is 9.97 Å². The van der Waals surface area contributed by atoms with Gasteiger partial charge in [0.15, 0.2) is 0 Å². The van der Waals surface area contributed by atoms with Gasteiger partial charge in [0.2, 0.25) is 0 Å². The molecule has 0 atom stereocenters. The Bertz CT molecular complexity index is 1760. The van der Waals surface area contributed by atoms with Gasteiger partial charge in [0.1, 0.15) is 0 Å². The molecule has 0 unspecified atom stereocenters. The van der Waals surface area contributed by atoms with Crippen LogP contribution in [0.1, 0.15) is 11.4 Å². The third-order valence-electron chi connectivity index (χ3n) is 6.42. The summed E-state index contributed by atoms with van der Waals surface area (Å²) in [6.45, 7) is 3.90. The van der Waals surface area contributed by atoms with Gasteiger partial charge in [-0.3, -0.25) is 9.97 Å². The average Bonchev–Trinajstić information content (AvgIpc) is 3.68. The van der Waals surface area contributed by atoms with Crippen LogP contribution in [-0.2, 0) is 34.7 Å². The maximum atomic E-state index is 4.32. The summed E-state index contributed by atoms with van der Waals surface area (Å²) in [5.74, 6) is 0. The number of halogens is 2. The average molecular weight is 690 g/mol. The fourth-order valence-corrected chi connectivity index (χ4v) is 4.35. The number of rotatable bonds is 0. The van der Waals surface area contributed by atoms with Crippen molar-refractivity contribution in [2.75, 3.05) is 0 Å². The molecule has 6 heteroatoms. The number of fused-ring (bicyclic) bond motifs is 4. The van der Waals surface area contributed by atoms with E-state index in [1.165, 1.54) is 21.5 Å². The third kappa shape index (κ3) is 10.9. The molecule has 218 valence electrons. The molecule has 0 spiro atoms. The summed E-state index contributed by atoms with van der Waals surface area (Å²) in [6.07, 6.45) is 0. The number of hydrogen-bond acceptors (Lipinski definition) is 2. The summed E-state index contributed by atoms with van der Waals surface area (Å²) in [7, 11) is 0. The van der Waals surface area contributed by atoms with E-state index >= 15 is 0 Å². The molecule has 0 saturated heterocycles. The molecule has 44 heavy (non-hydrogen) atoms. The Labute approximate surface area is 294 Å². The van der Waals surface area contributed by atoms with Gasteiger partial charge in [-0.2, -0.15) is 35.0 Å². The molecule has 0 fully saturated rings. The van der Waals surface area contributed by atoms with Gasteiger partial charge < -0.3 is 24.8 Å². The molecule has 8 aromatic rings. The summed E-state index contributed by atoms with van der Waals surface area (Å²) in [5.41, 5.74) is 3.99. The van der Waals surface area contributed by atoms with E-state index in [2.05, 4.69) is 107 Å². The van der Waals surface area contributed by atoms with Gasteiger partial charge in [-0.1, -0.05) is 59.9 Å². The van der Waals surface area contributed by atoms with Crippen molar-refractivity contribution in [3.8, 4) is 0 Å². The van der Waals surface area contributed by atoms with Crippen molar-refractivity contribution >= 4 is 43.4 Å². The summed E-state index contributed by atoms with van der Waals surface area (Å²) in [5, 5.41) is 7.63. The number of benzene rings is 4. The fourth-order valence-electron chi connectivity index (χ4n) is 4.35. The normalized spacial score (nSPS) is 9.32. The molecule has 0 N–H and O–H groups in total. The Hall–Kier alpha value is -3.44. The standard InChI is InChI=1S/2C10H8N.2C9H7.2ClH.2Cr/c2*1-8-6-7-9-4-2-3-5-10(9)11-8;2*1-2-5-9-7-3-6-8(9)4-1;;;;/h2*2-5,7H,1H3;2*1-7H;2*1H;;/q4*-1;;;2*+3/p-2. The fraction of sp³-hybridized carbons (Fsp3) is 0.0526. The van der Waals surface area contributed by atoms with E-state index in [1.807, 2.05) is 74.5 Å². The minimum Gasteiger partial charge on any atom is -1.00 e. The molecule has 6 aromatic carbocycles. The molecular weight excluding hydrogens is 659 g/mol. The molecule has 2 radical (unpaired) electrons. The number of hydrogen-bond donors (Lipinski definition) is 0. The first-order valence-corrected chi connectivity index (χ1v) is 13.3. The monoisotopic (exact) mass is 688 g/mol. The van der Waals surface area contributed by atoms with E-state index < -0.39 is 0 Å². The molecule has 2 heterocycles. The number of pyridine rings is 2. The van der Waals surface area contributed by atoms with Gasteiger partial charge in [0.05, 0.1) is 0 Å². The van der Waals surface area contributed by atoms with Crippen LogP contribution in [0.3, 0.4) is 0 Å². The van der Waals surface area contributed by atoms with Crippen molar-refractivity contribution in [3.63, 3.8) is 0 Å². The van der Waals surface area contributed by atoms with Crippen LogP contribution in [0.15, 0.2) is 146 Å². The van der Waals surface area contributed by atoms with Crippen molar-refractivity contribution in [2.45, 2.75) is 13.8 Å². The first kappa shape index (κ1) is 38.6. The molecule has 2 aromatic heterocycles. The zero-order valence-corrected chi connectivity index (χ0v) is 28.4. The van der Waals surface area contributed by atoms with Crippen LogP contribution in [0.25, 0.3) is 43.4 Å². The Morgan fingerprint density at radius 1 is 0.455 bits per heavy atom. The molecule has 0 amide bonds. The second-order valence-electron chi connectivity index (χ2n) is 9.40. The predicted molar refractivity (Wildman–Crippen MR) is 170 cm³/mol. The van der Waals surface area contributed by atoms with Crippen LogP contribution in [0.2, 0.25) is 0 Å². The van der Waals surface area contributed by atoms with Crippen LogP contribution >= 0.6 is 0 Å². The second-order valence-corrected chi connectivity index (χ2v) is 9.40. The van der Waals surface area contributed by atoms with Gasteiger partial charge in [-0.05, 0) is 24.9 Å². The Balaban J connectivity index is 0.000000286. The van der Waals surface area contributed by atoms with Gasteiger partial charge in [0.25, 0.3) is 0 Å². The van der Waals surface area contributed by atoms with E-state index in [1.54, 1.807) is 0 Å². The minimum absolute atomic E-state index is 0. The van der Waals surface area contributed by atoms with Gasteiger partial charge in [-0.15, -0.1) is 82.2 Å². The van der Waals surface area contributed by atoms with Crippen LogP contribution in [0.5, 0.6) is 0 Å². The number of aryl methyl sites for hydroxylation is 2. The van der Waals surface area contributed by atoms with Gasteiger partial charge in [-0.25, -0.2) is 24.3 Å². The molecule has 2 nitrogen and oxygen atoms in total. The van der Waals surface area contributed by atoms with Crippen molar-refractivity contribution in [1.82, 2.24) is 9.97 Å². The van der Waals surface area contributed by atoms with Crippen molar-refractivity contribution < 1.29 is 59.5 Å². The Kier molecular flexibility index (Phi) is 17.3. The van der Waals surface area contributed by atoms with E-state index in [9.17, 15) is 0 Å². The molecular formula is C38H30Cl2Cr2N2. The molecule has 8 rings (SSSR count). The third-order valence-corrected chi connectivity index (χ3v) is 6.42. The molecule has 0 bridgehead atoms. The Morgan fingerprint density at radius 2 is 0.795 bits per heavy atom. The maximum Gasteiger partial charge on any atom is 3.00 e. The van der Waals surface area contributed by atoms with E-state index in [0.717, 1.165) is 33.2 Å². The number of para-hydroxylation sites is 2. The first-order valence-electron chi connectivity index (χ1n) is 13.3. The smallest absolute Gasteiger partial charge is 1.00 e. The second kappa shape index (κ2) is 19.8.